The van der Waals surface area contributed by atoms with Gasteiger partial charge in [0.15, 0.2) is 0 Å². The van der Waals surface area contributed by atoms with Gasteiger partial charge in [0.2, 0.25) is 0 Å². The van der Waals surface area contributed by atoms with E-state index in [4.69, 9.17) is 5.11 Å². The number of hydrogen-bond acceptors (Lipinski definition) is 3. The fourth-order valence-electron chi connectivity index (χ4n) is 1.79. The molecular weight excluding hydrogens is 272 g/mol. The quantitative estimate of drug-likeness (QED) is 0.775. The lowest BCUT2D eigenvalue weighted by molar-refractivity contribution is 0.0697. The highest BCUT2D eigenvalue weighted by Crippen LogP contribution is 2.07. The minimum absolute atomic E-state index is 0.210. The molecular formula is C14H16N4O3. The Balaban J connectivity index is 1.86. The van der Waals surface area contributed by atoms with E-state index in [1.54, 1.807) is 31.6 Å². The van der Waals surface area contributed by atoms with Crippen LogP contribution in [0.3, 0.4) is 0 Å². The van der Waals surface area contributed by atoms with Crippen molar-refractivity contribution >= 4 is 12.0 Å². The minimum Gasteiger partial charge on any atom is -0.478 e. The van der Waals surface area contributed by atoms with E-state index >= 15 is 0 Å². The summed E-state index contributed by atoms with van der Waals surface area (Å²) in [6, 6.07) is 6.23. The van der Waals surface area contributed by atoms with E-state index in [1.165, 1.54) is 17.0 Å². The molecule has 7 nitrogen and oxygen atoms in total. The van der Waals surface area contributed by atoms with E-state index < -0.39 is 5.97 Å². The topological polar surface area (TPSA) is 98.3 Å². The Morgan fingerprint density at radius 3 is 2.57 bits per heavy atom. The Hall–Kier alpha value is -2.83. The maximum atomic E-state index is 11.9. The van der Waals surface area contributed by atoms with E-state index in [0.29, 0.717) is 13.1 Å². The summed E-state index contributed by atoms with van der Waals surface area (Å²) in [6.45, 7) is 0.800. The number of urea groups is 1. The summed E-state index contributed by atoms with van der Waals surface area (Å²) in [7, 11) is 1.68. The highest BCUT2D eigenvalue weighted by Gasteiger charge is 2.09. The summed E-state index contributed by atoms with van der Waals surface area (Å²) < 4.78 is 0. The predicted molar refractivity (Wildman–Crippen MR) is 75.7 cm³/mol. The molecule has 0 unspecified atom stereocenters. The molecule has 0 atom stereocenters. The van der Waals surface area contributed by atoms with Gasteiger partial charge in [-0.15, -0.1) is 0 Å². The Morgan fingerprint density at radius 1 is 1.29 bits per heavy atom. The molecule has 2 amide bonds. The number of carboxylic acids is 1. The van der Waals surface area contributed by atoms with Crippen LogP contribution in [0.4, 0.5) is 4.79 Å². The van der Waals surface area contributed by atoms with Gasteiger partial charge in [0.1, 0.15) is 0 Å². The number of aromatic carboxylic acids is 1. The lowest BCUT2D eigenvalue weighted by atomic mass is 10.1. The molecule has 0 radical (unpaired) electrons. The Kier molecular flexibility index (Phi) is 4.55. The lowest BCUT2D eigenvalue weighted by Crippen LogP contribution is -2.36. The Bertz CT molecular complexity index is 608. The molecule has 0 fully saturated rings. The van der Waals surface area contributed by atoms with Gasteiger partial charge in [0.05, 0.1) is 11.8 Å². The van der Waals surface area contributed by atoms with Gasteiger partial charge in [-0.3, -0.25) is 5.10 Å². The van der Waals surface area contributed by atoms with Crippen molar-refractivity contribution in [1.29, 1.82) is 0 Å². The summed E-state index contributed by atoms with van der Waals surface area (Å²) in [6.07, 6.45) is 3.36. The number of H-pyrrole nitrogens is 1. The third kappa shape index (κ3) is 4.07. The van der Waals surface area contributed by atoms with Crippen LogP contribution in [-0.2, 0) is 13.1 Å². The number of rotatable bonds is 5. The average Bonchev–Trinajstić information content (AvgIpc) is 2.98. The van der Waals surface area contributed by atoms with Crippen molar-refractivity contribution in [3.05, 3.63) is 53.3 Å². The molecule has 0 bridgehead atoms. The van der Waals surface area contributed by atoms with Gasteiger partial charge in [0, 0.05) is 31.9 Å². The molecule has 0 spiro atoms. The zero-order valence-electron chi connectivity index (χ0n) is 11.5. The van der Waals surface area contributed by atoms with Crippen LogP contribution in [-0.4, -0.2) is 39.3 Å². The van der Waals surface area contributed by atoms with Gasteiger partial charge >= 0.3 is 12.0 Å². The minimum atomic E-state index is -0.965. The van der Waals surface area contributed by atoms with Crippen LogP contribution in [0.25, 0.3) is 0 Å². The molecule has 1 aromatic heterocycles. The van der Waals surface area contributed by atoms with Crippen LogP contribution in [0.2, 0.25) is 0 Å². The van der Waals surface area contributed by atoms with Gasteiger partial charge in [-0.25, -0.2) is 9.59 Å². The van der Waals surface area contributed by atoms with Gasteiger partial charge in [-0.2, -0.15) is 5.10 Å². The first kappa shape index (κ1) is 14.6. The highest BCUT2D eigenvalue weighted by atomic mass is 16.4. The molecule has 2 aromatic rings. The summed E-state index contributed by atoms with van der Waals surface area (Å²) in [4.78, 5) is 24.2. The number of carbonyl (C=O) groups excluding carboxylic acids is 1. The van der Waals surface area contributed by atoms with Crippen molar-refractivity contribution in [3.8, 4) is 0 Å². The average molecular weight is 288 g/mol. The zero-order chi connectivity index (χ0) is 15.2. The molecule has 1 heterocycles. The number of aromatic amines is 1. The number of benzene rings is 1. The van der Waals surface area contributed by atoms with Gasteiger partial charge < -0.3 is 15.3 Å². The second kappa shape index (κ2) is 6.56. The van der Waals surface area contributed by atoms with Gasteiger partial charge in [0.25, 0.3) is 0 Å². The van der Waals surface area contributed by atoms with Crippen molar-refractivity contribution in [2.75, 3.05) is 7.05 Å². The fraction of sp³-hybridized carbons (Fsp3) is 0.214. The van der Waals surface area contributed by atoms with Crippen molar-refractivity contribution < 1.29 is 14.7 Å². The molecule has 3 N–H and O–H groups in total. The second-order valence-corrected chi connectivity index (χ2v) is 4.62. The molecule has 0 saturated carbocycles. The maximum absolute atomic E-state index is 11.9. The Labute approximate surface area is 121 Å². The maximum Gasteiger partial charge on any atom is 0.335 e. The van der Waals surface area contributed by atoms with Crippen LogP contribution in [0.15, 0.2) is 36.7 Å². The first-order valence-corrected chi connectivity index (χ1v) is 6.35. The van der Waals surface area contributed by atoms with Crippen LogP contribution in [0.1, 0.15) is 21.5 Å². The number of aromatic nitrogens is 2. The number of carboxylic acid groups (broad SMARTS) is 1. The standard InChI is InChI=1S/C14H16N4O3/c1-18(14(21)15-6-11-7-16-17-8-11)9-10-2-4-12(5-3-10)13(19)20/h2-5,7-8H,6,9H2,1H3,(H,15,21)(H,16,17)(H,19,20). The van der Waals surface area contributed by atoms with E-state index in [9.17, 15) is 9.59 Å². The fourth-order valence-corrected chi connectivity index (χ4v) is 1.79. The third-order valence-corrected chi connectivity index (χ3v) is 2.97. The molecule has 0 aliphatic heterocycles. The Morgan fingerprint density at radius 2 is 2.00 bits per heavy atom. The normalized spacial score (nSPS) is 10.1. The van der Waals surface area contributed by atoms with Crippen molar-refractivity contribution in [2.24, 2.45) is 0 Å². The van der Waals surface area contributed by atoms with Crippen LogP contribution in [0.5, 0.6) is 0 Å². The smallest absolute Gasteiger partial charge is 0.335 e. The molecule has 2 rings (SSSR count). The third-order valence-electron chi connectivity index (χ3n) is 2.97. The SMILES string of the molecule is CN(Cc1ccc(C(=O)O)cc1)C(=O)NCc1cn[nH]c1. The number of nitrogens with zero attached hydrogens (tertiary/aromatic N) is 2. The first-order valence-electron chi connectivity index (χ1n) is 6.35. The van der Waals surface area contributed by atoms with E-state index in [2.05, 4.69) is 15.5 Å². The summed E-state index contributed by atoms with van der Waals surface area (Å²) in [5.41, 5.74) is 1.98. The zero-order valence-corrected chi connectivity index (χ0v) is 11.5. The number of hydrogen-bond donors (Lipinski definition) is 3. The number of carbonyl (C=O) groups is 2. The van der Waals surface area contributed by atoms with Gasteiger partial charge in [-0.05, 0) is 17.7 Å². The lowest BCUT2D eigenvalue weighted by Gasteiger charge is -2.17. The molecule has 110 valence electrons. The number of nitrogens with one attached hydrogen (secondary N) is 2. The summed E-state index contributed by atoms with van der Waals surface area (Å²) in [5, 5.41) is 18.1. The molecule has 21 heavy (non-hydrogen) atoms. The summed E-state index contributed by atoms with van der Waals surface area (Å²) >= 11 is 0. The van der Waals surface area contributed by atoms with E-state index in [1.807, 2.05) is 0 Å². The van der Waals surface area contributed by atoms with Crippen LogP contribution < -0.4 is 5.32 Å². The molecule has 1 aromatic carbocycles. The molecule has 0 aliphatic carbocycles. The van der Waals surface area contributed by atoms with Crippen molar-refractivity contribution in [3.63, 3.8) is 0 Å². The van der Waals surface area contributed by atoms with Crippen molar-refractivity contribution in [2.45, 2.75) is 13.1 Å². The summed E-state index contributed by atoms with van der Waals surface area (Å²) in [5.74, 6) is -0.965. The van der Waals surface area contributed by atoms with Crippen molar-refractivity contribution in [1.82, 2.24) is 20.4 Å². The predicted octanol–water partition coefficient (Wildman–Crippen LogP) is 1.45. The first-order chi connectivity index (χ1) is 10.1. The highest BCUT2D eigenvalue weighted by molar-refractivity contribution is 5.87. The van der Waals surface area contributed by atoms with Gasteiger partial charge in [-0.1, -0.05) is 12.1 Å². The van der Waals surface area contributed by atoms with Crippen LogP contribution in [0, 0.1) is 0 Å². The molecule has 0 aliphatic rings. The van der Waals surface area contributed by atoms with Crippen LogP contribution >= 0.6 is 0 Å². The molecule has 0 saturated heterocycles. The second-order valence-electron chi connectivity index (χ2n) is 4.62. The monoisotopic (exact) mass is 288 g/mol. The van der Waals surface area contributed by atoms with E-state index in [0.717, 1.165) is 11.1 Å². The van der Waals surface area contributed by atoms with E-state index in [-0.39, 0.29) is 11.6 Å². The molecule has 7 heteroatoms. The number of amides is 2. The largest absolute Gasteiger partial charge is 0.478 e.